The molecule has 0 unspecified atom stereocenters. The Kier molecular flexibility index (Phi) is 4.77. The third-order valence-electron chi connectivity index (χ3n) is 2.93. The van der Waals surface area contributed by atoms with Gasteiger partial charge >= 0.3 is 7.12 Å². The highest BCUT2D eigenvalue weighted by Crippen LogP contribution is 2.19. The normalized spacial score (nSPS) is 10.3. The monoisotopic (exact) mass is 294 g/mol. The summed E-state index contributed by atoms with van der Waals surface area (Å²) < 4.78 is 37.2. The molecule has 2 aromatic rings. The van der Waals surface area contributed by atoms with Gasteiger partial charge in [0.15, 0.2) is 0 Å². The summed E-state index contributed by atoms with van der Waals surface area (Å²) in [4.78, 5) is 0. The maximum atomic E-state index is 13.5. The molecular weight excluding hydrogens is 281 g/mol. The first-order chi connectivity index (χ1) is 10.0. The summed E-state index contributed by atoms with van der Waals surface area (Å²) in [6, 6.07) is 7.85. The van der Waals surface area contributed by atoms with Crippen LogP contribution in [0.4, 0.5) is 8.78 Å². The van der Waals surface area contributed by atoms with Crippen LogP contribution in [-0.4, -0.2) is 24.3 Å². The second-order valence-corrected chi connectivity index (χ2v) is 4.27. The zero-order valence-electron chi connectivity index (χ0n) is 11.2. The van der Waals surface area contributed by atoms with Crippen molar-refractivity contribution in [1.29, 1.82) is 0 Å². The highest BCUT2D eigenvalue weighted by atomic mass is 19.1. The van der Waals surface area contributed by atoms with Crippen molar-refractivity contribution in [2.75, 3.05) is 7.11 Å². The third kappa shape index (κ3) is 3.50. The summed E-state index contributed by atoms with van der Waals surface area (Å²) in [5.41, 5.74) is -0.183. The molecule has 21 heavy (non-hydrogen) atoms. The summed E-state index contributed by atoms with van der Waals surface area (Å²) in [5.74, 6) is -0.944. The van der Waals surface area contributed by atoms with Crippen LogP contribution in [0.25, 0.3) is 0 Å². The Hall–Kier alpha value is -2.12. The average molecular weight is 294 g/mol. The second kappa shape index (κ2) is 6.56. The maximum absolute atomic E-state index is 13.5. The molecule has 0 saturated carbocycles. The van der Waals surface area contributed by atoms with E-state index in [2.05, 4.69) is 0 Å². The zero-order valence-corrected chi connectivity index (χ0v) is 11.2. The van der Waals surface area contributed by atoms with Crippen molar-refractivity contribution in [3.8, 4) is 11.5 Å². The van der Waals surface area contributed by atoms with Gasteiger partial charge in [-0.15, -0.1) is 0 Å². The molecule has 0 radical (unpaired) electrons. The van der Waals surface area contributed by atoms with Gasteiger partial charge in [-0.05, 0) is 30.3 Å². The number of hydrogen-bond acceptors (Lipinski definition) is 4. The van der Waals surface area contributed by atoms with Crippen molar-refractivity contribution < 1.29 is 28.3 Å². The fraction of sp³-hybridized carbons (Fsp3) is 0.143. The van der Waals surface area contributed by atoms with Crippen LogP contribution in [0.3, 0.4) is 0 Å². The molecule has 2 N–H and O–H groups in total. The molecular formula is C14H13BF2O4. The Morgan fingerprint density at radius 2 is 1.76 bits per heavy atom. The van der Waals surface area contributed by atoms with Crippen molar-refractivity contribution in [2.24, 2.45) is 0 Å². The summed E-state index contributed by atoms with van der Waals surface area (Å²) in [6.07, 6.45) is 0. The summed E-state index contributed by atoms with van der Waals surface area (Å²) in [6.45, 7) is -0.370. The molecule has 2 rings (SSSR count). The lowest BCUT2D eigenvalue weighted by Gasteiger charge is -2.13. The van der Waals surface area contributed by atoms with E-state index in [9.17, 15) is 18.8 Å². The van der Waals surface area contributed by atoms with Crippen molar-refractivity contribution in [1.82, 2.24) is 0 Å². The van der Waals surface area contributed by atoms with Gasteiger partial charge < -0.3 is 19.5 Å². The fourth-order valence-electron chi connectivity index (χ4n) is 1.81. The van der Waals surface area contributed by atoms with E-state index >= 15 is 0 Å². The summed E-state index contributed by atoms with van der Waals surface area (Å²) in [5, 5.41) is 18.6. The molecule has 0 atom stereocenters. The Bertz CT molecular complexity index is 614. The van der Waals surface area contributed by atoms with Gasteiger partial charge in [0.05, 0.1) is 12.7 Å². The van der Waals surface area contributed by atoms with E-state index in [4.69, 9.17) is 9.47 Å². The van der Waals surface area contributed by atoms with E-state index < -0.39 is 18.8 Å². The predicted octanol–water partition coefficient (Wildman–Crippen LogP) is 1.23. The van der Waals surface area contributed by atoms with E-state index in [0.29, 0.717) is 5.75 Å². The molecule has 0 aliphatic heterocycles. The standard InChI is InChI=1S/C14H13BF2O4/c1-20-9-5-6-14(11(7-9)15(18)19)21-8-10-12(16)3-2-4-13(10)17/h2-7,18-19H,8H2,1H3. The lowest BCUT2D eigenvalue weighted by molar-refractivity contribution is 0.292. The van der Waals surface area contributed by atoms with Crippen LogP contribution in [0, 0.1) is 11.6 Å². The van der Waals surface area contributed by atoms with Crippen molar-refractivity contribution in [2.45, 2.75) is 6.61 Å². The Morgan fingerprint density at radius 1 is 1.10 bits per heavy atom. The molecule has 0 saturated heterocycles. The number of halogens is 2. The van der Waals surface area contributed by atoms with Crippen molar-refractivity contribution in [3.05, 3.63) is 53.6 Å². The van der Waals surface area contributed by atoms with Crippen molar-refractivity contribution in [3.63, 3.8) is 0 Å². The van der Waals surface area contributed by atoms with Crippen LogP contribution >= 0.6 is 0 Å². The second-order valence-electron chi connectivity index (χ2n) is 4.27. The number of benzene rings is 2. The maximum Gasteiger partial charge on any atom is 0.492 e. The number of methoxy groups -OCH3 is 1. The average Bonchev–Trinajstić information content (AvgIpc) is 2.46. The van der Waals surface area contributed by atoms with Gasteiger partial charge in [-0.25, -0.2) is 8.78 Å². The Balaban J connectivity index is 2.24. The lowest BCUT2D eigenvalue weighted by Crippen LogP contribution is -2.31. The number of ether oxygens (including phenoxy) is 2. The quantitative estimate of drug-likeness (QED) is 0.814. The number of rotatable bonds is 5. The molecule has 0 aromatic heterocycles. The highest BCUT2D eigenvalue weighted by Gasteiger charge is 2.19. The predicted molar refractivity (Wildman–Crippen MR) is 73.5 cm³/mol. The number of hydrogen-bond donors (Lipinski definition) is 2. The summed E-state index contributed by atoms with van der Waals surface area (Å²) in [7, 11) is -0.362. The Morgan fingerprint density at radius 3 is 2.33 bits per heavy atom. The zero-order chi connectivity index (χ0) is 15.4. The Labute approximate surface area is 120 Å². The fourth-order valence-corrected chi connectivity index (χ4v) is 1.81. The topological polar surface area (TPSA) is 58.9 Å². The highest BCUT2D eigenvalue weighted by molar-refractivity contribution is 6.59. The van der Waals surface area contributed by atoms with Gasteiger partial charge in [0.2, 0.25) is 0 Å². The molecule has 4 nitrogen and oxygen atoms in total. The molecule has 0 spiro atoms. The molecule has 0 amide bonds. The molecule has 110 valence electrons. The van der Waals surface area contributed by atoms with E-state index in [1.807, 2.05) is 0 Å². The van der Waals surface area contributed by atoms with Crippen LogP contribution in [-0.2, 0) is 6.61 Å². The molecule has 7 heteroatoms. The van der Waals surface area contributed by atoms with Crippen LogP contribution in [0.5, 0.6) is 11.5 Å². The first-order valence-corrected chi connectivity index (χ1v) is 6.12. The van der Waals surface area contributed by atoms with E-state index in [0.717, 1.165) is 12.1 Å². The first kappa shape index (κ1) is 15.3. The largest absolute Gasteiger partial charge is 0.497 e. The van der Waals surface area contributed by atoms with Crippen LogP contribution in [0.1, 0.15) is 5.56 Å². The van der Waals surface area contributed by atoms with Gasteiger partial charge in [0.1, 0.15) is 29.7 Å². The van der Waals surface area contributed by atoms with Gasteiger partial charge in [0.25, 0.3) is 0 Å². The lowest BCUT2D eigenvalue weighted by atomic mass is 9.79. The molecule has 0 aliphatic rings. The van der Waals surface area contributed by atoms with Crippen LogP contribution in [0.2, 0.25) is 0 Å². The molecule has 0 heterocycles. The molecule has 2 aromatic carbocycles. The minimum Gasteiger partial charge on any atom is -0.497 e. The minimum absolute atomic E-state index is 0.0473. The van der Waals surface area contributed by atoms with Gasteiger partial charge in [-0.3, -0.25) is 0 Å². The van der Waals surface area contributed by atoms with Gasteiger partial charge in [-0.2, -0.15) is 0 Å². The van der Waals surface area contributed by atoms with E-state index in [-0.39, 0.29) is 23.4 Å². The SMILES string of the molecule is COc1ccc(OCc2c(F)cccc2F)c(B(O)O)c1. The molecule has 0 aliphatic carbocycles. The third-order valence-corrected chi connectivity index (χ3v) is 2.93. The molecule has 0 bridgehead atoms. The van der Waals surface area contributed by atoms with Gasteiger partial charge in [0, 0.05) is 5.46 Å². The van der Waals surface area contributed by atoms with Crippen LogP contribution in [0.15, 0.2) is 36.4 Å². The van der Waals surface area contributed by atoms with E-state index in [1.165, 1.54) is 25.3 Å². The van der Waals surface area contributed by atoms with Crippen LogP contribution < -0.4 is 14.9 Å². The smallest absolute Gasteiger partial charge is 0.492 e. The molecule has 0 fully saturated rings. The first-order valence-electron chi connectivity index (χ1n) is 6.12. The van der Waals surface area contributed by atoms with Gasteiger partial charge in [-0.1, -0.05) is 6.07 Å². The summed E-state index contributed by atoms with van der Waals surface area (Å²) >= 11 is 0. The minimum atomic E-state index is -1.79. The van der Waals surface area contributed by atoms with Crippen molar-refractivity contribution >= 4 is 12.6 Å². The van der Waals surface area contributed by atoms with E-state index in [1.54, 1.807) is 6.07 Å².